The van der Waals surface area contributed by atoms with Crippen molar-refractivity contribution in [2.75, 3.05) is 14.2 Å². The zero-order chi connectivity index (χ0) is 20.3. The number of nitrogens with zero attached hydrogens (tertiary/aromatic N) is 2. The SMILES string of the molecule is COc1ccc(/C=C2/SC(=Nc3ccc(C)cc3)N(C(C)C)C2=O)c(OC)c1. The summed E-state index contributed by atoms with van der Waals surface area (Å²) in [4.78, 5) is 20.1. The van der Waals surface area contributed by atoms with Crippen LogP contribution in [0.1, 0.15) is 25.0 Å². The summed E-state index contributed by atoms with van der Waals surface area (Å²) < 4.78 is 10.7. The molecule has 1 saturated heterocycles. The highest BCUT2D eigenvalue weighted by molar-refractivity contribution is 8.18. The van der Waals surface area contributed by atoms with Crippen LogP contribution in [0.5, 0.6) is 11.5 Å². The topological polar surface area (TPSA) is 51.1 Å². The standard InChI is InChI=1S/C22H24N2O3S/c1-14(2)24-21(25)20(12-16-8-11-18(26-4)13-19(16)27-5)28-22(24)23-17-9-6-15(3)7-10-17/h6-14H,1-5H3/b20-12+,23-22?. The molecule has 0 saturated carbocycles. The summed E-state index contributed by atoms with van der Waals surface area (Å²) in [7, 11) is 3.21. The van der Waals surface area contributed by atoms with Crippen molar-refractivity contribution in [1.29, 1.82) is 0 Å². The van der Waals surface area contributed by atoms with Crippen LogP contribution in [0.2, 0.25) is 0 Å². The molecule has 0 aliphatic carbocycles. The third-order valence-electron chi connectivity index (χ3n) is 4.34. The van der Waals surface area contributed by atoms with E-state index in [1.807, 2.05) is 63.2 Å². The quantitative estimate of drug-likeness (QED) is 0.666. The summed E-state index contributed by atoms with van der Waals surface area (Å²) in [5, 5.41) is 0.683. The number of hydrogen-bond donors (Lipinski definition) is 0. The number of methoxy groups -OCH3 is 2. The van der Waals surface area contributed by atoms with Crippen molar-refractivity contribution in [2.45, 2.75) is 26.8 Å². The molecule has 5 nitrogen and oxygen atoms in total. The lowest BCUT2D eigenvalue weighted by Crippen LogP contribution is -2.35. The largest absolute Gasteiger partial charge is 0.497 e. The molecule has 0 aromatic heterocycles. The molecule has 0 spiro atoms. The van der Waals surface area contributed by atoms with E-state index in [1.165, 1.54) is 17.3 Å². The predicted molar refractivity (Wildman–Crippen MR) is 115 cm³/mol. The zero-order valence-corrected chi connectivity index (χ0v) is 17.5. The van der Waals surface area contributed by atoms with Gasteiger partial charge >= 0.3 is 0 Å². The molecule has 0 atom stereocenters. The van der Waals surface area contributed by atoms with Crippen LogP contribution in [-0.4, -0.2) is 36.2 Å². The molecule has 0 N–H and O–H groups in total. The number of aryl methyl sites for hydroxylation is 1. The van der Waals surface area contributed by atoms with Gasteiger partial charge in [0.25, 0.3) is 5.91 Å². The van der Waals surface area contributed by atoms with E-state index in [2.05, 4.69) is 0 Å². The Bertz CT molecular complexity index is 933. The molecule has 146 valence electrons. The number of thioether (sulfide) groups is 1. The number of carbonyl (C=O) groups excluding carboxylic acids is 1. The van der Waals surface area contributed by atoms with Gasteiger partial charge in [0.1, 0.15) is 11.5 Å². The molecule has 28 heavy (non-hydrogen) atoms. The van der Waals surface area contributed by atoms with Crippen LogP contribution in [0, 0.1) is 6.92 Å². The molecule has 0 unspecified atom stereocenters. The van der Waals surface area contributed by atoms with Gasteiger partial charge in [0.05, 0.1) is 24.8 Å². The van der Waals surface area contributed by atoms with Crippen LogP contribution in [0.3, 0.4) is 0 Å². The van der Waals surface area contributed by atoms with E-state index in [0.29, 0.717) is 21.6 Å². The molecular weight excluding hydrogens is 372 g/mol. The molecule has 3 rings (SSSR count). The fourth-order valence-corrected chi connectivity index (χ4v) is 3.94. The van der Waals surface area contributed by atoms with E-state index in [1.54, 1.807) is 25.2 Å². The first kappa shape index (κ1) is 20.0. The van der Waals surface area contributed by atoms with Crippen LogP contribution in [0.4, 0.5) is 5.69 Å². The first-order valence-electron chi connectivity index (χ1n) is 9.03. The van der Waals surface area contributed by atoms with Crippen molar-refractivity contribution in [3.8, 4) is 11.5 Å². The predicted octanol–water partition coefficient (Wildman–Crippen LogP) is 5.02. The molecule has 6 heteroatoms. The van der Waals surface area contributed by atoms with Crippen LogP contribution >= 0.6 is 11.8 Å². The molecule has 1 aliphatic heterocycles. The lowest BCUT2D eigenvalue weighted by molar-refractivity contribution is -0.123. The normalized spacial score (nSPS) is 17.1. The lowest BCUT2D eigenvalue weighted by atomic mass is 10.1. The Kier molecular flexibility index (Phi) is 6.09. The number of amides is 1. The number of benzene rings is 2. The Morgan fingerprint density at radius 2 is 1.79 bits per heavy atom. The van der Waals surface area contributed by atoms with Gasteiger partial charge in [-0.25, -0.2) is 4.99 Å². The van der Waals surface area contributed by atoms with Gasteiger partial charge in [-0.15, -0.1) is 0 Å². The second-order valence-corrected chi connectivity index (χ2v) is 7.73. The molecule has 1 amide bonds. The second kappa shape index (κ2) is 8.52. The number of aliphatic imine (C=N–C) groups is 1. The highest BCUT2D eigenvalue weighted by Crippen LogP contribution is 2.37. The van der Waals surface area contributed by atoms with E-state index in [0.717, 1.165) is 11.3 Å². The molecular formula is C22H24N2O3S. The second-order valence-electron chi connectivity index (χ2n) is 6.72. The Hall–Kier alpha value is -2.73. The van der Waals surface area contributed by atoms with Crippen LogP contribution in [-0.2, 0) is 4.79 Å². The molecule has 0 radical (unpaired) electrons. The highest BCUT2D eigenvalue weighted by atomic mass is 32.2. The van der Waals surface area contributed by atoms with Gasteiger partial charge in [0, 0.05) is 17.7 Å². The smallest absolute Gasteiger partial charge is 0.266 e. The summed E-state index contributed by atoms with van der Waals surface area (Å²) >= 11 is 1.38. The summed E-state index contributed by atoms with van der Waals surface area (Å²) in [6.45, 7) is 6.01. The van der Waals surface area contributed by atoms with Crippen LogP contribution < -0.4 is 9.47 Å². The van der Waals surface area contributed by atoms with Gasteiger partial charge in [-0.3, -0.25) is 9.69 Å². The lowest BCUT2D eigenvalue weighted by Gasteiger charge is -2.19. The van der Waals surface area contributed by atoms with Gasteiger partial charge in [0.2, 0.25) is 0 Å². The first-order valence-corrected chi connectivity index (χ1v) is 9.85. The Balaban J connectivity index is 1.98. The summed E-state index contributed by atoms with van der Waals surface area (Å²) in [6, 6.07) is 13.5. The van der Waals surface area contributed by atoms with Crippen molar-refractivity contribution in [2.24, 2.45) is 4.99 Å². The van der Waals surface area contributed by atoms with Crippen molar-refractivity contribution in [1.82, 2.24) is 4.90 Å². The number of rotatable bonds is 5. The van der Waals surface area contributed by atoms with Crippen molar-refractivity contribution < 1.29 is 14.3 Å². The maximum absolute atomic E-state index is 13.0. The van der Waals surface area contributed by atoms with Crippen molar-refractivity contribution in [3.05, 3.63) is 58.5 Å². The molecule has 2 aromatic rings. The van der Waals surface area contributed by atoms with Gasteiger partial charge in [0.15, 0.2) is 5.17 Å². The van der Waals surface area contributed by atoms with Crippen LogP contribution in [0.15, 0.2) is 52.4 Å². The summed E-state index contributed by atoms with van der Waals surface area (Å²) in [5.41, 5.74) is 2.82. The van der Waals surface area contributed by atoms with E-state index < -0.39 is 0 Å². The maximum Gasteiger partial charge on any atom is 0.266 e. The monoisotopic (exact) mass is 396 g/mol. The first-order chi connectivity index (χ1) is 13.4. The van der Waals surface area contributed by atoms with E-state index in [9.17, 15) is 4.79 Å². The summed E-state index contributed by atoms with van der Waals surface area (Å²) in [5.74, 6) is 1.30. The maximum atomic E-state index is 13.0. The Morgan fingerprint density at radius 3 is 2.39 bits per heavy atom. The van der Waals surface area contributed by atoms with Gasteiger partial charge in [-0.2, -0.15) is 0 Å². The Labute approximate surface area is 170 Å². The fraction of sp³-hybridized carbons (Fsp3) is 0.273. The minimum absolute atomic E-state index is 0.00728. The average Bonchev–Trinajstić information content (AvgIpc) is 2.99. The van der Waals surface area contributed by atoms with Gasteiger partial charge < -0.3 is 9.47 Å². The molecule has 1 aliphatic rings. The van der Waals surface area contributed by atoms with E-state index >= 15 is 0 Å². The molecule has 2 aromatic carbocycles. The zero-order valence-electron chi connectivity index (χ0n) is 16.7. The number of hydrogen-bond acceptors (Lipinski definition) is 5. The number of carbonyl (C=O) groups is 1. The van der Waals surface area contributed by atoms with Gasteiger partial charge in [-0.05, 0) is 62.9 Å². The van der Waals surface area contributed by atoms with Crippen LogP contribution in [0.25, 0.3) is 6.08 Å². The average molecular weight is 397 g/mol. The third kappa shape index (κ3) is 4.22. The molecule has 0 bridgehead atoms. The molecule has 1 fully saturated rings. The molecule has 1 heterocycles. The highest BCUT2D eigenvalue weighted by Gasteiger charge is 2.35. The minimum atomic E-state index is -0.0521. The number of amidine groups is 1. The van der Waals surface area contributed by atoms with Gasteiger partial charge in [-0.1, -0.05) is 17.7 Å². The van der Waals surface area contributed by atoms with E-state index in [4.69, 9.17) is 14.5 Å². The summed E-state index contributed by atoms with van der Waals surface area (Å²) in [6.07, 6.45) is 1.85. The fourth-order valence-electron chi connectivity index (χ4n) is 2.83. The van der Waals surface area contributed by atoms with E-state index in [-0.39, 0.29) is 11.9 Å². The minimum Gasteiger partial charge on any atom is -0.497 e. The van der Waals surface area contributed by atoms with Crippen molar-refractivity contribution >= 4 is 34.6 Å². The Morgan fingerprint density at radius 1 is 1.07 bits per heavy atom. The third-order valence-corrected chi connectivity index (χ3v) is 5.32. The number of ether oxygens (including phenoxy) is 2. The van der Waals surface area contributed by atoms with Crippen molar-refractivity contribution in [3.63, 3.8) is 0 Å².